The van der Waals surface area contributed by atoms with Gasteiger partial charge in [-0.2, -0.15) is 11.3 Å². The Morgan fingerprint density at radius 2 is 2.00 bits per heavy atom. The van der Waals surface area contributed by atoms with Crippen molar-refractivity contribution in [3.05, 3.63) is 52.0 Å². The van der Waals surface area contributed by atoms with Gasteiger partial charge in [0.25, 0.3) is 5.91 Å². The molecule has 7 heteroatoms. The predicted molar refractivity (Wildman–Crippen MR) is 120 cm³/mol. The van der Waals surface area contributed by atoms with E-state index in [1.807, 2.05) is 19.9 Å². The maximum Gasteiger partial charge on any atom is 0.326 e. The predicted octanol–water partition coefficient (Wildman–Crippen LogP) is 4.89. The number of nitrogens with zero attached hydrogens (tertiary/aromatic N) is 2. The summed E-state index contributed by atoms with van der Waals surface area (Å²) in [5.74, 6) is -0.266. The lowest BCUT2D eigenvalue weighted by Gasteiger charge is -2.17. The lowest BCUT2D eigenvalue weighted by Crippen LogP contribution is -2.41. The van der Waals surface area contributed by atoms with Gasteiger partial charge >= 0.3 is 5.97 Å². The van der Waals surface area contributed by atoms with Gasteiger partial charge in [0.15, 0.2) is 0 Å². The van der Waals surface area contributed by atoms with Crippen LogP contribution in [0.1, 0.15) is 68.3 Å². The van der Waals surface area contributed by atoms with Gasteiger partial charge in [0, 0.05) is 18.0 Å². The highest BCUT2D eigenvalue weighted by atomic mass is 32.1. The number of hydrogen-bond donors (Lipinski definition) is 2. The van der Waals surface area contributed by atoms with Crippen molar-refractivity contribution in [3.8, 4) is 0 Å². The molecular weight excluding hydrogens is 398 g/mol. The van der Waals surface area contributed by atoms with Crippen LogP contribution in [0.25, 0.3) is 11.0 Å². The Bertz CT molecular complexity index is 1020. The van der Waals surface area contributed by atoms with Crippen molar-refractivity contribution in [2.75, 3.05) is 0 Å². The van der Waals surface area contributed by atoms with Crippen LogP contribution in [-0.4, -0.2) is 32.6 Å². The lowest BCUT2D eigenvalue weighted by molar-refractivity contribution is -0.139. The Morgan fingerprint density at radius 3 is 2.60 bits per heavy atom. The zero-order valence-corrected chi connectivity index (χ0v) is 18.7. The molecule has 3 aromatic rings. The molecular formula is C23H29N3O3S. The highest BCUT2D eigenvalue weighted by Crippen LogP contribution is 2.26. The van der Waals surface area contributed by atoms with Crippen LogP contribution in [-0.2, 0) is 11.2 Å². The molecule has 0 aliphatic heterocycles. The third-order valence-electron chi connectivity index (χ3n) is 5.31. The molecule has 2 aromatic heterocycles. The van der Waals surface area contributed by atoms with E-state index in [9.17, 15) is 14.7 Å². The van der Waals surface area contributed by atoms with E-state index < -0.39 is 12.0 Å². The molecule has 0 aliphatic carbocycles. The van der Waals surface area contributed by atoms with Gasteiger partial charge in [-0.15, -0.1) is 0 Å². The van der Waals surface area contributed by atoms with E-state index in [0.29, 0.717) is 12.0 Å². The smallest absolute Gasteiger partial charge is 0.326 e. The monoisotopic (exact) mass is 427 g/mol. The van der Waals surface area contributed by atoms with E-state index in [1.165, 1.54) is 5.56 Å². The molecule has 1 amide bonds. The van der Waals surface area contributed by atoms with Crippen LogP contribution in [0.3, 0.4) is 0 Å². The maximum atomic E-state index is 12.7. The largest absolute Gasteiger partial charge is 0.480 e. The van der Waals surface area contributed by atoms with Crippen molar-refractivity contribution in [2.45, 2.75) is 59.0 Å². The van der Waals surface area contributed by atoms with Gasteiger partial charge in [-0.3, -0.25) is 4.79 Å². The van der Waals surface area contributed by atoms with Gasteiger partial charge in [-0.25, -0.2) is 9.78 Å². The molecule has 2 heterocycles. The van der Waals surface area contributed by atoms with Crippen molar-refractivity contribution in [3.63, 3.8) is 0 Å². The second kappa shape index (κ2) is 9.43. The maximum absolute atomic E-state index is 12.7. The zero-order chi connectivity index (χ0) is 21.8. The third-order valence-corrected chi connectivity index (χ3v) is 6.04. The fraction of sp³-hybridized carbons (Fsp3) is 0.435. The van der Waals surface area contributed by atoms with Crippen LogP contribution >= 0.6 is 11.3 Å². The van der Waals surface area contributed by atoms with Crippen LogP contribution < -0.4 is 5.32 Å². The summed E-state index contributed by atoms with van der Waals surface area (Å²) in [5.41, 5.74) is 3.39. The van der Waals surface area contributed by atoms with Crippen molar-refractivity contribution in [2.24, 2.45) is 5.92 Å². The molecule has 0 spiro atoms. The number of imidazole rings is 1. The average Bonchev–Trinajstić information content (AvgIpc) is 3.33. The molecule has 0 aliphatic rings. The Balaban J connectivity index is 1.93. The van der Waals surface area contributed by atoms with Gasteiger partial charge in [0.05, 0.1) is 11.0 Å². The summed E-state index contributed by atoms with van der Waals surface area (Å²) in [4.78, 5) is 29.0. The minimum absolute atomic E-state index is 0.166. The Kier molecular flexibility index (Phi) is 6.92. The minimum Gasteiger partial charge on any atom is -0.480 e. The van der Waals surface area contributed by atoms with Gasteiger partial charge in [-0.05, 0) is 66.3 Å². The Morgan fingerprint density at radius 1 is 1.23 bits per heavy atom. The number of benzene rings is 1. The number of thiophene rings is 1. The molecule has 0 radical (unpaired) electrons. The van der Waals surface area contributed by atoms with Gasteiger partial charge in [0.2, 0.25) is 0 Å². The number of carboxylic acids is 1. The molecule has 0 saturated heterocycles. The number of fused-ring (bicyclic) bond motifs is 1. The van der Waals surface area contributed by atoms with Crippen molar-refractivity contribution >= 4 is 34.2 Å². The molecule has 6 nitrogen and oxygen atoms in total. The van der Waals surface area contributed by atoms with Crippen LogP contribution in [0.15, 0.2) is 35.0 Å². The number of nitrogens with one attached hydrogen (secondary N) is 1. The van der Waals surface area contributed by atoms with E-state index in [2.05, 4.69) is 40.6 Å². The summed E-state index contributed by atoms with van der Waals surface area (Å²) in [6.07, 6.45) is 2.09. The lowest BCUT2D eigenvalue weighted by atomic mass is 10.0. The van der Waals surface area contributed by atoms with E-state index in [1.54, 1.807) is 23.5 Å². The number of rotatable bonds is 9. The van der Waals surface area contributed by atoms with Gasteiger partial charge < -0.3 is 15.0 Å². The van der Waals surface area contributed by atoms with Crippen molar-refractivity contribution in [1.82, 2.24) is 14.9 Å². The van der Waals surface area contributed by atoms with Crippen molar-refractivity contribution < 1.29 is 14.7 Å². The topological polar surface area (TPSA) is 84.2 Å². The molecule has 1 unspecified atom stereocenters. The summed E-state index contributed by atoms with van der Waals surface area (Å²) in [6.45, 7) is 8.19. The first-order chi connectivity index (χ1) is 14.3. The van der Waals surface area contributed by atoms with Crippen LogP contribution in [0.4, 0.5) is 0 Å². The number of aromatic nitrogens is 2. The molecule has 0 saturated carbocycles. The molecule has 160 valence electrons. The number of aliphatic carboxylic acids is 1. The summed E-state index contributed by atoms with van der Waals surface area (Å²) in [6, 6.07) is 6.91. The zero-order valence-electron chi connectivity index (χ0n) is 17.9. The minimum atomic E-state index is -1.02. The van der Waals surface area contributed by atoms with E-state index in [4.69, 9.17) is 4.98 Å². The second-order valence-corrected chi connectivity index (χ2v) is 8.94. The fourth-order valence-electron chi connectivity index (χ4n) is 3.60. The average molecular weight is 428 g/mol. The number of carbonyl (C=O) groups excluding carboxylic acids is 1. The highest BCUT2D eigenvalue weighted by Gasteiger charge is 2.23. The first-order valence-electron chi connectivity index (χ1n) is 10.4. The van der Waals surface area contributed by atoms with Crippen molar-refractivity contribution in [1.29, 1.82) is 0 Å². The SMILES string of the molecule is CCC(C)n1c(Cc2ccsc2)nc2cc(C(=O)N[C@@H](CC(C)C)C(=O)O)ccc21. The van der Waals surface area contributed by atoms with E-state index >= 15 is 0 Å². The third kappa shape index (κ3) is 4.90. The fourth-order valence-corrected chi connectivity index (χ4v) is 4.27. The molecule has 2 N–H and O–H groups in total. The Hall–Kier alpha value is -2.67. The number of hydrogen-bond acceptors (Lipinski definition) is 4. The standard InChI is InChI=1S/C23H29N3O3S/c1-5-15(4)26-20-7-6-17(22(27)25-19(23(28)29)10-14(2)3)12-18(20)24-21(26)11-16-8-9-30-13-16/h6-9,12-15,19H,5,10-11H2,1-4H3,(H,25,27)(H,28,29)/t15?,19-/m0/s1. The van der Waals surface area contributed by atoms with Crippen LogP contribution in [0.5, 0.6) is 0 Å². The van der Waals surface area contributed by atoms with Crippen LogP contribution in [0, 0.1) is 5.92 Å². The molecule has 30 heavy (non-hydrogen) atoms. The molecule has 2 atom stereocenters. The molecule has 0 fully saturated rings. The normalized spacial score (nSPS) is 13.5. The number of amides is 1. The summed E-state index contributed by atoms with van der Waals surface area (Å²) in [5, 5.41) is 16.2. The second-order valence-electron chi connectivity index (χ2n) is 8.16. The first kappa shape index (κ1) is 22.0. The van der Waals surface area contributed by atoms with Gasteiger partial charge in [0.1, 0.15) is 11.9 Å². The van der Waals surface area contributed by atoms with E-state index in [0.717, 1.165) is 29.7 Å². The summed E-state index contributed by atoms with van der Waals surface area (Å²) in [7, 11) is 0. The first-order valence-corrected chi connectivity index (χ1v) is 11.3. The van der Waals surface area contributed by atoms with Crippen LogP contribution in [0.2, 0.25) is 0 Å². The highest BCUT2D eigenvalue weighted by molar-refractivity contribution is 7.07. The summed E-state index contributed by atoms with van der Waals surface area (Å²) >= 11 is 1.67. The summed E-state index contributed by atoms with van der Waals surface area (Å²) < 4.78 is 2.24. The van der Waals surface area contributed by atoms with E-state index in [-0.39, 0.29) is 17.9 Å². The molecule has 0 bridgehead atoms. The molecule has 3 rings (SSSR count). The number of carbonyl (C=O) groups is 2. The molecule has 1 aromatic carbocycles. The van der Waals surface area contributed by atoms with Gasteiger partial charge in [-0.1, -0.05) is 20.8 Å². The Labute approximate surface area is 180 Å². The quantitative estimate of drug-likeness (QED) is 0.509. The number of carboxylic acid groups (broad SMARTS) is 1.